The Hall–Kier alpha value is -3.09. The number of hydrogen-bond acceptors (Lipinski definition) is 4. The maximum absolute atomic E-state index is 13.0. The molecule has 1 aliphatic heterocycles. The Balaban J connectivity index is 1.60. The van der Waals surface area contributed by atoms with Crippen molar-refractivity contribution in [3.63, 3.8) is 0 Å². The third-order valence-electron chi connectivity index (χ3n) is 4.99. The highest BCUT2D eigenvalue weighted by Crippen LogP contribution is 2.36. The largest absolute Gasteiger partial charge is 0.493 e. The van der Waals surface area contributed by atoms with Crippen molar-refractivity contribution in [3.8, 4) is 11.5 Å². The molecular weight excluding hydrogens is 492 g/mol. The molecular formula is C25H20BrClN2O3. The highest BCUT2D eigenvalue weighted by Gasteiger charge is 2.29. The zero-order valence-electron chi connectivity index (χ0n) is 17.5. The van der Waals surface area contributed by atoms with Crippen molar-refractivity contribution in [2.24, 2.45) is 5.10 Å². The molecule has 4 rings (SSSR count). The Bertz CT molecular complexity index is 1230. The summed E-state index contributed by atoms with van der Waals surface area (Å²) in [7, 11) is 1.58. The minimum Gasteiger partial charge on any atom is -0.493 e. The number of amides is 1. The molecule has 0 N–H and O–H groups in total. The number of benzene rings is 3. The van der Waals surface area contributed by atoms with E-state index in [9.17, 15) is 4.79 Å². The molecule has 0 aromatic heterocycles. The van der Waals surface area contributed by atoms with Gasteiger partial charge in [-0.05, 0) is 48.9 Å². The third kappa shape index (κ3) is 4.56. The van der Waals surface area contributed by atoms with E-state index in [0.29, 0.717) is 34.4 Å². The fraction of sp³-hybridized carbons (Fsp3) is 0.120. The highest BCUT2D eigenvalue weighted by molar-refractivity contribution is 9.10. The molecule has 32 heavy (non-hydrogen) atoms. The van der Waals surface area contributed by atoms with Crippen LogP contribution >= 0.6 is 27.5 Å². The van der Waals surface area contributed by atoms with Crippen LogP contribution in [0.4, 0.5) is 5.69 Å². The van der Waals surface area contributed by atoms with Crippen LogP contribution in [0.5, 0.6) is 11.5 Å². The Morgan fingerprint density at radius 1 is 1.06 bits per heavy atom. The lowest BCUT2D eigenvalue weighted by molar-refractivity contribution is -0.114. The van der Waals surface area contributed by atoms with Crippen LogP contribution in [-0.2, 0) is 11.4 Å². The molecule has 0 aliphatic carbocycles. The number of hydrogen-bond donors (Lipinski definition) is 0. The average molecular weight is 512 g/mol. The molecule has 0 saturated heterocycles. The third-order valence-corrected chi connectivity index (χ3v) is 6.04. The Morgan fingerprint density at radius 2 is 1.78 bits per heavy atom. The van der Waals surface area contributed by atoms with Gasteiger partial charge in [-0.25, -0.2) is 0 Å². The number of nitrogens with zero attached hydrogens (tertiary/aromatic N) is 2. The van der Waals surface area contributed by atoms with Crippen molar-refractivity contribution in [3.05, 3.63) is 92.9 Å². The summed E-state index contributed by atoms with van der Waals surface area (Å²) in [5.41, 5.74) is 3.54. The summed E-state index contributed by atoms with van der Waals surface area (Å²) < 4.78 is 12.3. The number of halogens is 2. The van der Waals surface area contributed by atoms with Gasteiger partial charge in [-0.2, -0.15) is 10.1 Å². The molecule has 0 bridgehead atoms. The van der Waals surface area contributed by atoms with Crippen LogP contribution in [-0.4, -0.2) is 18.7 Å². The number of para-hydroxylation sites is 1. The number of methoxy groups -OCH3 is 1. The summed E-state index contributed by atoms with van der Waals surface area (Å²) in [4.78, 5) is 13.0. The number of hydrazone groups is 1. The summed E-state index contributed by atoms with van der Waals surface area (Å²) >= 11 is 9.81. The van der Waals surface area contributed by atoms with Crippen molar-refractivity contribution in [1.29, 1.82) is 0 Å². The maximum Gasteiger partial charge on any atom is 0.280 e. The monoisotopic (exact) mass is 510 g/mol. The zero-order valence-corrected chi connectivity index (χ0v) is 19.9. The second-order valence-corrected chi connectivity index (χ2v) is 8.36. The molecule has 7 heteroatoms. The molecule has 0 radical (unpaired) electrons. The summed E-state index contributed by atoms with van der Waals surface area (Å²) in [6.07, 6.45) is 1.80. The molecule has 1 aliphatic rings. The molecule has 0 spiro atoms. The fourth-order valence-electron chi connectivity index (χ4n) is 3.29. The van der Waals surface area contributed by atoms with Crippen molar-refractivity contribution in [2.45, 2.75) is 13.5 Å². The first-order valence-corrected chi connectivity index (χ1v) is 11.1. The predicted octanol–water partition coefficient (Wildman–Crippen LogP) is 6.50. The topological polar surface area (TPSA) is 51.1 Å². The average Bonchev–Trinajstić information content (AvgIpc) is 3.08. The first kappa shape index (κ1) is 22.1. The molecule has 5 nitrogen and oxygen atoms in total. The van der Waals surface area contributed by atoms with Crippen molar-refractivity contribution >= 4 is 50.9 Å². The van der Waals surface area contributed by atoms with Gasteiger partial charge >= 0.3 is 0 Å². The highest BCUT2D eigenvalue weighted by atomic mass is 79.9. The lowest BCUT2D eigenvalue weighted by atomic mass is 10.1. The summed E-state index contributed by atoms with van der Waals surface area (Å²) in [6.45, 7) is 2.12. The molecule has 162 valence electrons. The van der Waals surface area contributed by atoms with Gasteiger partial charge in [-0.3, -0.25) is 4.79 Å². The molecule has 1 amide bonds. The minimum atomic E-state index is -0.182. The summed E-state index contributed by atoms with van der Waals surface area (Å²) in [5.74, 6) is 0.932. The van der Waals surface area contributed by atoms with Crippen molar-refractivity contribution in [1.82, 2.24) is 0 Å². The minimum absolute atomic E-state index is 0.182. The van der Waals surface area contributed by atoms with E-state index in [2.05, 4.69) is 21.0 Å². The standard InChI is InChI=1S/C25H20BrClN2O3/c1-16-20(25(30)29(28-16)19-9-4-3-5-10-19)12-18-13-23(31-2)24(14-21(18)26)32-15-17-8-6-7-11-22(17)27/h3-14H,15H2,1-2H3/b20-12+. The lowest BCUT2D eigenvalue weighted by Gasteiger charge is -2.14. The van der Waals surface area contributed by atoms with Gasteiger partial charge in [0.15, 0.2) is 11.5 Å². The van der Waals surface area contributed by atoms with Crippen LogP contribution < -0.4 is 14.5 Å². The van der Waals surface area contributed by atoms with E-state index in [0.717, 1.165) is 21.3 Å². The normalized spacial score (nSPS) is 14.6. The van der Waals surface area contributed by atoms with E-state index >= 15 is 0 Å². The Labute approximate surface area is 200 Å². The maximum atomic E-state index is 13.0. The molecule has 3 aromatic rings. The summed E-state index contributed by atoms with van der Waals surface area (Å²) in [5, 5.41) is 6.48. The predicted molar refractivity (Wildman–Crippen MR) is 131 cm³/mol. The number of anilines is 1. The second-order valence-electron chi connectivity index (χ2n) is 7.10. The van der Waals surface area contributed by atoms with E-state index in [4.69, 9.17) is 21.1 Å². The number of carbonyl (C=O) groups excluding carboxylic acids is 1. The van der Waals surface area contributed by atoms with Gasteiger partial charge < -0.3 is 9.47 Å². The van der Waals surface area contributed by atoms with Crippen LogP contribution in [0.2, 0.25) is 5.02 Å². The van der Waals surface area contributed by atoms with Gasteiger partial charge in [-0.15, -0.1) is 0 Å². The van der Waals surface area contributed by atoms with Gasteiger partial charge in [0.25, 0.3) is 5.91 Å². The number of ether oxygens (including phenoxy) is 2. The second kappa shape index (κ2) is 9.59. The van der Waals surface area contributed by atoms with Gasteiger partial charge in [0, 0.05) is 15.1 Å². The molecule has 0 atom stereocenters. The van der Waals surface area contributed by atoms with E-state index in [-0.39, 0.29) is 5.91 Å². The summed E-state index contributed by atoms with van der Waals surface area (Å²) in [6, 6.07) is 20.5. The fourth-order valence-corrected chi connectivity index (χ4v) is 3.92. The molecule has 0 fully saturated rings. The quantitative estimate of drug-likeness (QED) is 0.355. The van der Waals surface area contributed by atoms with Gasteiger partial charge in [-0.1, -0.05) is 63.9 Å². The smallest absolute Gasteiger partial charge is 0.280 e. The van der Waals surface area contributed by atoms with Crippen LogP contribution in [0.3, 0.4) is 0 Å². The number of rotatable bonds is 6. The molecule has 1 heterocycles. The first-order valence-electron chi connectivity index (χ1n) is 9.88. The van der Waals surface area contributed by atoms with Crippen LogP contribution in [0.25, 0.3) is 6.08 Å². The lowest BCUT2D eigenvalue weighted by Crippen LogP contribution is -2.21. The van der Waals surface area contributed by atoms with Crippen LogP contribution in [0.1, 0.15) is 18.1 Å². The Kier molecular flexibility index (Phi) is 6.63. The molecule has 0 unspecified atom stereocenters. The Morgan fingerprint density at radius 3 is 2.50 bits per heavy atom. The first-order chi connectivity index (χ1) is 15.5. The SMILES string of the molecule is COc1cc(/C=C2/C(=O)N(c3ccccc3)N=C2C)c(Br)cc1OCc1ccccc1Cl. The van der Waals surface area contributed by atoms with Gasteiger partial charge in [0.05, 0.1) is 24.1 Å². The molecule has 0 saturated carbocycles. The van der Waals surface area contributed by atoms with Gasteiger partial charge in [0.1, 0.15) is 6.61 Å². The van der Waals surface area contributed by atoms with E-state index in [1.54, 1.807) is 13.2 Å². The van der Waals surface area contributed by atoms with Crippen LogP contribution in [0.15, 0.2) is 81.9 Å². The molecule has 3 aromatic carbocycles. The van der Waals surface area contributed by atoms with Crippen LogP contribution in [0, 0.1) is 0 Å². The van der Waals surface area contributed by atoms with Gasteiger partial charge in [0.2, 0.25) is 0 Å². The number of carbonyl (C=O) groups is 1. The zero-order chi connectivity index (χ0) is 22.7. The van der Waals surface area contributed by atoms with E-state index < -0.39 is 0 Å². The van der Waals surface area contributed by atoms with E-state index in [1.807, 2.05) is 73.7 Å². The van der Waals surface area contributed by atoms with E-state index in [1.165, 1.54) is 5.01 Å². The van der Waals surface area contributed by atoms with Crippen molar-refractivity contribution in [2.75, 3.05) is 12.1 Å². The van der Waals surface area contributed by atoms with Crippen molar-refractivity contribution < 1.29 is 14.3 Å².